The van der Waals surface area contributed by atoms with E-state index in [9.17, 15) is 9.59 Å². The van der Waals surface area contributed by atoms with Crippen LogP contribution in [0.25, 0.3) is 0 Å². The number of ether oxygens (including phenoxy) is 1. The lowest BCUT2D eigenvalue weighted by molar-refractivity contribution is 0.0200. The Morgan fingerprint density at radius 1 is 1.09 bits per heavy atom. The monoisotopic (exact) mass is 312 g/mol. The summed E-state index contributed by atoms with van der Waals surface area (Å²) < 4.78 is 5.10. The predicted octanol–water partition coefficient (Wildman–Crippen LogP) is 0.907. The highest BCUT2D eigenvalue weighted by atomic mass is 16.5. The first-order valence-electron chi connectivity index (χ1n) is 6.75. The van der Waals surface area contributed by atoms with E-state index in [0.717, 1.165) is 11.8 Å². The molecule has 0 spiro atoms. The first-order chi connectivity index (χ1) is 10.3. The van der Waals surface area contributed by atoms with E-state index in [1.807, 2.05) is 0 Å². The average Bonchev–Trinajstić information content (AvgIpc) is 2.55. The van der Waals surface area contributed by atoms with Crippen LogP contribution in [0.15, 0.2) is 6.07 Å². The van der Waals surface area contributed by atoms with Gasteiger partial charge in [0.25, 0.3) is 0 Å². The van der Waals surface area contributed by atoms with Crippen molar-refractivity contribution >= 4 is 12.6 Å². The molecular formula is C16H24O6. The topological polar surface area (TPSA) is 104 Å². The molecule has 0 saturated carbocycles. The third kappa shape index (κ3) is 4.91. The molecule has 1 aromatic carbocycles. The summed E-state index contributed by atoms with van der Waals surface area (Å²) in [6.07, 6.45) is 1.46. The zero-order chi connectivity index (χ0) is 17.3. The largest absolute Gasteiger partial charge is 0.496 e. The number of aryl methyl sites for hydroxylation is 1. The molecule has 22 heavy (non-hydrogen) atoms. The van der Waals surface area contributed by atoms with Crippen LogP contribution in [0.4, 0.5) is 0 Å². The van der Waals surface area contributed by atoms with Gasteiger partial charge in [-0.3, -0.25) is 9.59 Å². The Morgan fingerprint density at radius 3 is 1.86 bits per heavy atom. The Morgan fingerprint density at radius 2 is 1.59 bits per heavy atom. The van der Waals surface area contributed by atoms with E-state index in [-0.39, 0.29) is 19.8 Å². The van der Waals surface area contributed by atoms with Crippen LogP contribution >= 0.6 is 0 Å². The van der Waals surface area contributed by atoms with Crippen molar-refractivity contribution < 1.29 is 29.6 Å². The third-order valence-corrected chi connectivity index (χ3v) is 3.41. The standard InChI is InChI=1S/C11H12O3.C5H12O3/c1-7-4-9(5-12)8(2)10(6-13)11(7)14-3;1-5(2-6,3-7)4-8/h4-6H,1-3H3;6-8H,2-4H2,1H3. The summed E-state index contributed by atoms with van der Waals surface area (Å²) in [7, 11) is 1.51. The van der Waals surface area contributed by atoms with Gasteiger partial charge in [-0.15, -0.1) is 0 Å². The molecule has 0 aromatic heterocycles. The molecule has 6 nitrogen and oxygen atoms in total. The van der Waals surface area contributed by atoms with E-state index in [1.54, 1.807) is 26.8 Å². The van der Waals surface area contributed by atoms with E-state index >= 15 is 0 Å². The molecule has 124 valence electrons. The predicted molar refractivity (Wildman–Crippen MR) is 82.6 cm³/mol. The number of aldehydes is 2. The number of aliphatic hydroxyl groups excluding tert-OH is 3. The van der Waals surface area contributed by atoms with Crippen LogP contribution in [-0.2, 0) is 0 Å². The molecular weight excluding hydrogens is 288 g/mol. The second kappa shape index (κ2) is 9.30. The van der Waals surface area contributed by atoms with Crippen LogP contribution in [-0.4, -0.2) is 54.8 Å². The molecule has 1 rings (SSSR count). The summed E-state index contributed by atoms with van der Waals surface area (Å²) in [6.45, 7) is 4.60. The van der Waals surface area contributed by atoms with Crippen molar-refractivity contribution in [2.75, 3.05) is 26.9 Å². The van der Waals surface area contributed by atoms with Crippen LogP contribution in [0.5, 0.6) is 5.75 Å². The van der Waals surface area contributed by atoms with Crippen molar-refractivity contribution in [3.8, 4) is 5.75 Å². The third-order valence-electron chi connectivity index (χ3n) is 3.41. The van der Waals surface area contributed by atoms with Gasteiger partial charge in [-0.05, 0) is 31.0 Å². The Labute approximate surface area is 130 Å². The molecule has 0 aliphatic carbocycles. The molecule has 6 heteroatoms. The van der Waals surface area contributed by atoms with Gasteiger partial charge in [0.15, 0.2) is 6.29 Å². The van der Waals surface area contributed by atoms with Crippen molar-refractivity contribution in [2.45, 2.75) is 20.8 Å². The van der Waals surface area contributed by atoms with Crippen LogP contribution in [0.1, 0.15) is 38.8 Å². The zero-order valence-electron chi connectivity index (χ0n) is 13.4. The first-order valence-corrected chi connectivity index (χ1v) is 6.75. The van der Waals surface area contributed by atoms with Gasteiger partial charge in [0.05, 0.1) is 32.5 Å². The second-order valence-corrected chi connectivity index (χ2v) is 5.38. The number of methoxy groups -OCH3 is 1. The van der Waals surface area contributed by atoms with Crippen molar-refractivity contribution in [1.82, 2.24) is 0 Å². The minimum atomic E-state index is -0.708. The molecule has 0 atom stereocenters. The number of benzene rings is 1. The van der Waals surface area contributed by atoms with Crippen LogP contribution in [0, 0.1) is 19.3 Å². The summed E-state index contributed by atoms with van der Waals surface area (Å²) in [5, 5.41) is 25.4. The first kappa shape index (κ1) is 20.2. The van der Waals surface area contributed by atoms with Crippen LogP contribution < -0.4 is 4.74 Å². The molecule has 0 radical (unpaired) electrons. The Kier molecular flexibility index (Phi) is 8.55. The van der Waals surface area contributed by atoms with Crippen molar-refractivity contribution in [2.24, 2.45) is 5.41 Å². The number of rotatable bonds is 6. The maximum absolute atomic E-state index is 10.8. The summed E-state index contributed by atoms with van der Waals surface area (Å²) >= 11 is 0. The number of hydrogen-bond donors (Lipinski definition) is 3. The normalized spacial score (nSPS) is 10.5. The highest BCUT2D eigenvalue weighted by molar-refractivity contribution is 5.89. The quantitative estimate of drug-likeness (QED) is 0.674. The van der Waals surface area contributed by atoms with Gasteiger partial charge in [-0.25, -0.2) is 0 Å². The SMILES string of the molecule is CC(CO)(CO)CO.COc1c(C)cc(C=O)c(C)c1C=O. The van der Waals surface area contributed by atoms with E-state index in [0.29, 0.717) is 28.7 Å². The highest BCUT2D eigenvalue weighted by Gasteiger charge is 2.20. The average molecular weight is 312 g/mol. The van der Waals surface area contributed by atoms with Gasteiger partial charge in [0.1, 0.15) is 12.0 Å². The summed E-state index contributed by atoms with van der Waals surface area (Å²) in [5.41, 5.74) is 1.74. The second-order valence-electron chi connectivity index (χ2n) is 5.38. The van der Waals surface area contributed by atoms with Gasteiger partial charge >= 0.3 is 0 Å². The maximum Gasteiger partial charge on any atom is 0.154 e. The van der Waals surface area contributed by atoms with Crippen molar-refractivity contribution in [3.63, 3.8) is 0 Å². The summed E-state index contributed by atoms with van der Waals surface area (Å²) in [6, 6.07) is 1.72. The minimum Gasteiger partial charge on any atom is -0.496 e. The molecule has 0 amide bonds. The number of aliphatic hydroxyl groups is 3. The van der Waals surface area contributed by atoms with Crippen molar-refractivity contribution in [1.29, 1.82) is 0 Å². The fourth-order valence-electron chi connectivity index (χ4n) is 1.63. The van der Waals surface area contributed by atoms with Gasteiger partial charge in [-0.1, -0.05) is 6.92 Å². The minimum absolute atomic E-state index is 0.181. The Hall–Kier alpha value is -1.76. The number of carbonyl (C=O) groups is 2. The molecule has 1 aromatic rings. The summed E-state index contributed by atoms with van der Waals surface area (Å²) in [5.74, 6) is 0.545. The summed E-state index contributed by atoms with van der Waals surface area (Å²) in [4.78, 5) is 21.5. The molecule has 0 saturated heterocycles. The van der Waals surface area contributed by atoms with E-state index in [2.05, 4.69) is 0 Å². The maximum atomic E-state index is 10.8. The fraction of sp³-hybridized carbons (Fsp3) is 0.500. The molecule has 0 aliphatic heterocycles. The van der Waals surface area contributed by atoms with Gasteiger partial charge in [-0.2, -0.15) is 0 Å². The van der Waals surface area contributed by atoms with E-state index in [4.69, 9.17) is 20.1 Å². The van der Waals surface area contributed by atoms with E-state index in [1.165, 1.54) is 7.11 Å². The lowest BCUT2D eigenvalue weighted by atomic mass is 9.95. The molecule has 3 N–H and O–H groups in total. The number of carbonyl (C=O) groups excluding carboxylic acids is 2. The van der Waals surface area contributed by atoms with Crippen LogP contribution in [0.2, 0.25) is 0 Å². The molecule has 0 heterocycles. The molecule has 0 bridgehead atoms. The molecule has 0 unspecified atom stereocenters. The lowest BCUT2D eigenvalue weighted by Crippen LogP contribution is -2.29. The Bertz CT molecular complexity index is 498. The number of hydrogen-bond acceptors (Lipinski definition) is 6. The van der Waals surface area contributed by atoms with Gasteiger partial charge in [0, 0.05) is 11.0 Å². The zero-order valence-corrected chi connectivity index (χ0v) is 13.4. The molecule has 0 fully saturated rings. The van der Waals surface area contributed by atoms with Gasteiger partial charge < -0.3 is 20.1 Å². The van der Waals surface area contributed by atoms with Gasteiger partial charge in [0.2, 0.25) is 0 Å². The fourth-order valence-corrected chi connectivity index (χ4v) is 1.63. The van der Waals surface area contributed by atoms with Crippen molar-refractivity contribution in [3.05, 3.63) is 28.3 Å². The lowest BCUT2D eigenvalue weighted by Gasteiger charge is -2.20. The van der Waals surface area contributed by atoms with E-state index < -0.39 is 5.41 Å². The highest BCUT2D eigenvalue weighted by Crippen LogP contribution is 2.27. The molecule has 0 aliphatic rings. The smallest absolute Gasteiger partial charge is 0.154 e. The van der Waals surface area contributed by atoms with Crippen LogP contribution in [0.3, 0.4) is 0 Å². The Balaban J connectivity index is 0.000000472.